The summed E-state index contributed by atoms with van der Waals surface area (Å²) in [4.78, 5) is 0. The van der Waals surface area contributed by atoms with E-state index in [-0.39, 0.29) is 0 Å². The van der Waals surface area contributed by atoms with Gasteiger partial charge in [0.15, 0.2) is 0 Å². The van der Waals surface area contributed by atoms with Crippen LogP contribution in [0.25, 0.3) is 0 Å². The molecule has 1 N–H and O–H groups in total. The first-order valence-corrected chi connectivity index (χ1v) is 10.9. The van der Waals surface area contributed by atoms with Gasteiger partial charge in [-0.05, 0) is 32.1 Å². The number of rotatable bonds is 13. The molecule has 1 unspecified atom stereocenters. The lowest BCUT2D eigenvalue weighted by atomic mass is 10.2. The molecule has 0 aromatic heterocycles. The Hall–Kier alpha value is 0.0169. The average Bonchev–Trinajstić information content (AvgIpc) is 2.57. The average molecular weight is 334 g/mol. The number of hydrogen-bond donors (Lipinski definition) is 1. The standard InChI is InChI=1S/C16H35NO4Si/c1-4-10-19-22(20-11-5-2,21-12-6-3)14-7-8-16-15-17-9-13-18-16/h16-17H,4-15H2,1-3H3. The molecular weight excluding hydrogens is 298 g/mol. The van der Waals surface area contributed by atoms with E-state index in [1.165, 1.54) is 0 Å². The molecule has 0 saturated carbocycles. The molecule has 1 heterocycles. The van der Waals surface area contributed by atoms with Crippen LogP contribution < -0.4 is 5.32 Å². The van der Waals surface area contributed by atoms with Gasteiger partial charge in [0.2, 0.25) is 0 Å². The largest absolute Gasteiger partial charge is 0.500 e. The minimum atomic E-state index is -2.52. The molecule has 1 aliphatic heterocycles. The number of hydrogen-bond acceptors (Lipinski definition) is 5. The zero-order valence-corrected chi connectivity index (χ0v) is 15.7. The minimum Gasteiger partial charge on any atom is -0.376 e. The summed E-state index contributed by atoms with van der Waals surface area (Å²) >= 11 is 0. The van der Waals surface area contributed by atoms with Crippen molar-refractivity contribution in [3.05, 3.63) is 0 Å². The molecule has 0 aromatic rings. The maximum Gasteiger partial charge on any atom is 0.500 e. The minimum absolute atomic E-state index is 0.323. The molecule has 1 saturated heterocycles. The lowest BCUT2D eigenvalue weighted by molar-refractivity contribution is 0.0205. The highest BCUT2D eigenvalue weighted by Crippen LogP contribution is 2.22. The zero-order chi connectivity index (χ0) is 16.1. The van der Waals surface area contributed by atoms with Crippen LogP contribution in [0.2, 0.25) is 6.04 Å². The van der Waals surface area contributed by atoms with Crippen LogP contribution in [-0.2, 0) is 18.0 Å². The Bertz CT molecular complexity index is 241. The summed E-state index contributed by atoms with van der Waals surface area (Å²) in [7, 11) is -2.52. The van der Waals surface area contributed by atoms with Crippen LogP contribution in [0.5, 0.6) is 0 Å². The van der Waals surface area contributed by atoms with Gasteiger partial charge in [0.25, 0.3) is 0 Å². The summed E-state index contributed by atoms with van der Waals surface area (Å²) in [5.74, 6) is 0. The molecule has 0 radical (unpaired) electrons. The van der Waals surface area contributed by atoms with Crippen LogP contribution in [0, 0.1) is 0 Å². The molecule has 1 fully saturated rings. The first kappa shape index (κ1) is 20.1. The molecule has 0 aliphatic carbocycles. The summed E-state index contributed by atoms with van der Waals surface area (Å²) in [5.41, 5.74) is 0. The van der Waals surface area contributed by atoms with Crippen LogP contribution in [0.3, 0.4) is 0 Å². The van der Waals surface area contributed by atoms with Crippen LogP contribution in [0.4, 0.5) is 0 Å². The van der Waals surface area contributed by atoms with Gasteiger partial charge in [-0.15, -0.1) is 0 Å². The van der Waals surface area contributed by atoms with Gasteiger partial charge in [0, 0.05) is 39.0 Å². The quantitative estimate of drug-likeness (QED) is 0.525. The van der Waals surface area contributed by atoms with Crippen molar-refractivity contribution in [2.24, 2.45) is 0 Å². The Balaban J connectivity index is 2.47. The third-order valence-corrected chi connectivity index (χ3v) is 6.49. The molecule has 132 valence electrons. The van der Waals surface area contributed by atoms with Crippen molar-refractivity contribution in [1.82, 2.24) is 5.32 Å². The fraction of sp³-hybridized carbons (Fsp3) is 1.00. The van der Waals surface area contributed by atoms with E-state index in [0.29, 0.717) is 6.10 Å². The summed E-state index contributed by atoms with van der Waals surface area (Å²) < 4.78 is 24.1. The number of morpholine rings is 1. The summed E-state index contributed by atoms with van der Waals surface area (Å²) in [6, 6.07) is 0.896. The Labute approximate surface area is 137 Å². The van der Waals surface area contributed by atoms with Crippen LogP contribution in [-0.4, -0.2) is 54.4 Å². The van der Waals surface area contributed by atoms with E-state index < -0.39 is 8.80 Å². The highest BCUT2D eigenvalue weighted by molar-refractivity contribution is 6.60. The first-order chi connectivity index (χ1) is 10.8. The zero-order valence-electron chi connectivity index (χ0n) is 14.7. The van der Waals surface area contributed by atoms with Crippen LogP contribution in [0.15, 0.2) is 0 Å². The first-order valence-electron chi connectivity index (χ1n) is 9.00. The summed E-state index contributed by atoms with van der Waals surface area (Å²) in [5, 5.41) is 3.38. The van der Waals surface area contributed by atoms with E-state index in [2.05, 4.69) is 26.1 Å². The summed E-state index contributed by atoms with van der Waals surface area (Å²) in [6.45, 7) is 11.3. The van der Waals surface area contributed by atoms with Crippen molar-refractivity contribution in [3.63, 3.8) is 0 Å². The lowest BCUT2D eigenvalue weighted by Crippen LogP contribution is -2.47. The Morgan fingerprint density at radius 2 is 1.59 bits per heavy atom. The molecule has 0 amide bonds. The van der Waals surface area contributed by atoms with Crippen molar-refractivity contribution in [3.8, 4) is 0 Å². The van der Waals surface area contributed by atoms with E-state index in [1.807, 2.05) is 0 Å². The van der Waals surface area contributed by atoms with E-state index in [9.17, 15) is 0 Å². The van der Waals surface area contributed by atoms with E-state index in [1.54, 1.807) is 0 Å². The number of ether oxygens (including phenoxy) is 1. The van der Waals surface area contributed by atoms with Gasteiger partial charge in [0.1, 0.15) is 0 Å². The van der Waals surface area contributed by atoms with E-state index in [0.717, 1.165) is 77.7 Å². The van der Waals surface area contributed by atoms with E-state index in [4.69, 9.17) is 18.0 Å². The second-order valence-corrected chi connectivity index (χ2v) is 8.55. The predicted molar refractivity (Wildman–Crippen MR) is 91.1 cm³/mol. The van der Waals surface area contributed by atoms with Gasteiger partial charge in [-0.3, -0.25) is 0 Å². The third kappa shape index (κ3) is 8.03. The normalized spacial score (nSPS) is 19.5. The van der Waals surface area contributed by atoms with Crippen molar-refractivity contribution in [2.75, 3.05) is 39.5 Å². The topological polar surface area (TPSA) is 49.0 Å². The van der Waals surface area contributed by atoms with Crippen LogP contribution in [0.1, 0.15) is 52.9 Å². The van der Waals surface area contributed by atoms with Crippen molar-refractivity contribution in [1.29, 1.82) is 0 Å². The van der Waals surface area contributed by atoms with Gasteiger partial charge in [-0.25, -0.2) is 0 Å². The van der Waals surface area contributed by atoms with Gasteiger partial charge >= 0.3 is 8.80 Å². The van der Waals surface area contributed by atoms with Gasteiger partial charge < -0.3 is 23.3 Å². The molecule has 22 heavy (non-hydrogen) atoms. The molecule has 1 atom stereocenters. The molecular formula is C16H35NO4Si. The van der Waals surface area contributed by atoms with Crippen molar-refractivity contribution < 1.29 is 18.0 Å². The number of nitrogens with one attached hydrogen (secondary N) is 1. The molecule has 1 aliphatic rings. The Morgan fingerprint density at radius 1 is 1.00 bits per heavy atom. The van der Waals surface area contributed by atoms with Crippen molar-refractivity contribution >= 4 is 8.80 Å². The molecule has 0 spiro atoms. The Kier molecular flexibility index (Phi) is 11.3. The SMILES string of the molecule is CCCO[Si](CCCC1CNCCO1)(OCCC)OCCC. The monoisotopic (exact) mass is 333 g/mol. The second kappa shape index (κ2) is 12.4. The maximum absolute atomic E-state index is 6.11. The molecule has 5 nitrogen and oxygen atoms in total. The lowest BCUT2D eigenvalue weighted by Gasteiger charge is -2.30. The predicted octanol–water partition coefficient (Wildman–Crippen LogP) is 2.97. The van der Waals surface area contributed by atoms with Gasteiger partial charge in [-0.2, -0.15) is 0 Å². The highest BCUT2D eigenvalue weighted by atomic mass is 28.4. The molecule has 1 rings (SSSR count). The smallest absolute Gasteiger partial charge is 0.376 e. The fourth-order valence-corrected chi connectivity index (χ4v) is 5.33. The molecule has 0 aromatic carbocycles. The van der Waals surface area contributed by atoms with Crippen LogP contribution >= 0.6 is 0 Å². The molecule has 6 heteroatoms. The maximum atomic E-state index is 6.11. The summed E-state index contributed by atoms with van der Waals surface area (Å²) in [6.07, 6.45) is 5.39. The third-order valence-electron chi connectivity index (χ3n) is 3.59. The fourth-order valence-electron chi connectivity index (χ4n) is 2.47. The molecule has 0 bridgehead atoms. The van der Waals surface area contributed by atoms with Gasteiger partial charge in [-0.1, -0.05) is 20.8 Å². The van der Waals surface area contributed by atoms with E-state index >= 15 is 0 Å². The van der Waals surface area contributed by atoms with Gasteiger partial charge in [0.05, 0.1) is 12.7 Å². The highest BCUT2D eigenvalue weighted by Gasteiger charge is 2.40. The second-order valence-electron chi connectivity index (χ2n) is 5.82. The Morgan fingerprint density at radius 3 is 2.05 bits per heavy atom. The van der Waals surface area contributed by atoms with Crippen molar-refractivity contribution in [2.45, 2.75) is 65.0 Å².